The number of carbonyl (C=O) groups is 1. The van der Waals surface area contributed by atoms with Crippen LogP contribution in [-0.4, -0.2) is 42.4 Å². The molecule has 7 rings (SSSR count). The minimum absolute atomic E-state index is 0.187. The van der Waals surface area contributed by atoms with Gasteiger partial charge in [-0.05, 0) is 90.7 Å². The number of hydrogen-bond donors (Lipinski definition) is 0. The average Bonchev–Trinajstić information content (AvgIpc) is 3.75. The fourth-order valence-electron chi connectivity index (χ4n) is 6.23. The van der Waals surface area contributed by atoms with E-state index in [0.717, 1.165) is 55.9 Å². The van der Waals surface area contributed by atoms with E-state index in [9.17, 15) is 4.79 Å². The number of amides is 1. The summed E-state index contributed by atoms with van der Waals surface area (Å²) in [5.41, 5.74) is 7.35. The third-order valence-electron chi connectivity index (χ3n) is 8.54. The number of nitrogens with zero attached hydrogens (tertiary/aromatic N) is 2. The molecule has 2 aromatic carbocycles. The van der Waals surface area contributed by atoms with Crippen LogP contribution in [0.4, 0.5) is 10.5 Å². The Morgan fingerprint density at radius 1 is 0.861 bits per heavy atom. The number of rotatable bonds is 6. The third-order valence-corrected chi connectivity index (χ3v) is 8.54. The molecule has 0 N–H and O–H groups in total. The van der Waals surface area contributed by atoms with Crippen molar-refractivity contribution in [1.82, 2.24) is 4.90 Å². The van der Waals surface area contributed by atoms with Crippen LogP contribution in [-0.2, 0) is 20.9 Å². The SMILES string of the molecule is O=C1OC2(CCN(Cc3cc(C4CC4)c(C4CC4)c(C4CC4)c3)CC2)CN1c1ccccc1.O=C=O. The van der Waals surface area contributed by atoms with E-state index >= 15 is 0 Å². The monoisotopic (exact) mass is 486 g/mol. The predicted molar refractivity (Wildman–Crippen MR) is 135 cm³/mol. The summed E-state index contributed by atoms with van der Waals surface area (Å²) in [4.78, 5) is 33.3. The van der Waals surface area contributed by atoms with Crippen molar-refractivity contribution in [3.63, 3.8) is 0 Å². The molecule has 6 nitrogen and oxygen atoms in total. The first-order chi connectivity index (χ1) is 17.6. The molecule has 36 heavy (non-hydrogen) atoms. The van der Waals surface area contributed by atoms with Crippen LogP contribution in [0.1, 0.15) is 91.4 Å². The zero-order valence-corrected chi connectivity index (χ0v) is 20.8. The van der Waals surface area contributed by atoms with Gasteiger partial charge in [0.2, 0.25) is 0 Å². The molecule has 2 heterocycles. The highest BCUT2D eigenvalue weighted by molar-refractivity contribution is 5.90. The van der Waals surface area contributed by atoms with Gasteiger partial charge in [0, 0.05) is 38.2 Å². The zero-order valence-electron chi connectivity index (χ0n) is 20.8. The third kappa shape index (κ3) is 4.85. The number of carbonyl (C=O) groups excluding carboxylic acids is 3. The van der Waals surface area contributed by atoms with Crippen LogP contribution in [0, 0.1) is 0 Å². The second-order valence-corrected chi connectivity index (χ2v) is 11.3. The fraction of sp³-hybridized carbons (Fsp3) is 0.533. The molecule has 0 bridgehead atoms. The highest BCUT2D eigenvalue weighted by atomic mass is 16.6. The molecule has 188 valence electrons. The van der Waals surface area contributed by atoms with E-state index in [0.29, 0.717) is 6.54 Å². The number of piperidine rings is 1. The molecule has 6 heteroatoms. The van der Waals surface area contributed by atoms with Crippen molar-refractivity contribution in [3.8, 4) is 0 Å². The van der Waals surface area contributed by atoms with E-state index in [-0.39, 0.29) is 17.8 Å². The van der Waals surface area contributed by atoms with Crippen LogP contribution in [0.5, 0.6) is 0 Å². The molecule has 0 aromatic heterocycles. The molecule has 2 saturated heterocycles. The van der Waals surface area contributed by atoms with Gasteiger partial charge in [-0.2, -0.15) is 9.59 Å². The normalized spacial score (nSPS) is 23.1. The predicted octanol–water partition coefficient (Wildman–Crippen LogP) is 5.73. The Hall–Kier alpha value is -2.95. The first-order valence-electron chi connectivity index (χ1n) is 13.5. The van der Waals surface area contributed by atoms with E-state index in [2.05, 4.69) is 17.0 Å². The largest absolute Gasteiger partial charge is 0.441 e. The molecule has 2 aliphatic heterocycles. The molecule has 0 unspecified atom stereocenters. The molecule has 5 fully saturated rings. The maximum absolute atomic E-state index is 12.6. The molecular formula is C30H34N2O4. The average molecular weight is 487 g/mol. The van der Waals surface area contributed by atoms with Gasteiger partial charge in [-0.3, -0.25) is 9.80 Å². The Kier molecular flexibility index (Phi) is 6.18. The second kappa shape index (κ2) is 9.49. The Balaban J connectivity index is 0.000000765. The summed E-state index contributed by atoms with van der Waals surface area (Å²) >= 11 is 0. The summed E-state index contributed by atoms with van der Waals surface area (Å²) < 4.78 is 5.98. The number of likely N-dealkylation sites (tertiary alicyclic amines) is 1. The summed E-state index contributed by atoms with van der Waals surface area (Å²) in [5.74, 6) is 2.54. The summed E-state index contributed by atoms with van der Waals surface area (Å²) in [6.45, 7) is 3.71. The lowest BCUT2D eigenvalue weighted by atomic mass is 9.88. The van der Waals surface area contributed by atoms with Crippen molar-refractivity contribution >= 4 is 17.9 Å². The van der Waals surface area contributed by atoms with Gasteiger partial charge in [-0.15, -0.1) is 0 Å². The Morgan fingerprint density at radius 3 is 1.94 bits per heavy atom. The molecule has 0 radical (unpaired) electrons. The van der Waals surface area contributed by atoms with Gasteiger partial charge in [0.15, 0.2) is 0 Å². The summed E-state index contributed by atoms with van der Waals surface area (Å²) in [7, 11) is 0. The van der Waals surface area contributed by atoms with Gasteiger partial charge in [-0.25, -0.2) is 4.79 Å². The minimum atomic E-state index is -0.322. The Bertz CT molecular complexity index is 1120. The van der Waals surface area contributed by atoms with Crippen molar-refractivity contribution in [2.45, 2.75) is 81.3 Å². The van der Waals surface area contributed by atoms with Crippen LogP contribution < -0.4 is 4.90 Å². The quantitative estimate of drug-likeness (QED) is 0.522. The number of para-hydroxylation sites is 1. The lowest BCUT2D eigenvalue weighted by Crippen LogP contribution is -2.46. The Labute approximate surface area is 212 Å². The van der Waals surface area contributed by atoms with Crippen molar-refractivity contribution in [2.75, 3.05) is 24.5 Å². The molecule has 2 aromatic rings. The summed E-state index contributed by atoms with van der Waals surface area (Å²) in [6, 6.07) is 15.1. The lowest BCUT2D eigenvalue weighted by Gasteiger charge is -2.37. The van der Waals surface area contributed by atoms with E-state index in [1.807, 2.05) is 35.2 Å². The lowest BCUT2D eigenvalue weighted by molar-refractivity contribution is -0.191. The van der Waals surface area contributed by atoms with Gasteiger partial charge in [0.25, 0.3) is 0 Å². The molecule has 5 aliphatic rings. The minimum Gasteiger partial charge on any atom is -0.441 e. The van der Waals surface area contributed by atoms with E-state index in [1.165, 1.54) is 44.1 Å². The highest BCUT2D eigenvalue weighted by Gasteiger charge is 2.47. The summed E-state index contributed by atoms with van der Waals surface area (Å²) in [6.07, 6.45) is 10.3. The van der Waals surface area contributed by atoms with Gasteiger partial charge >= 0.3 is 12.2 Å². The van der Waals surface area contributed by atoms with Crippen LogP contribution in [0.3, 0.4) is 0 Å². The number of anilines is 1. The molecule has 3 aliphatic carbocycles. The molecule has 0 atom stereocenters. The van der Waals surface area contributed by atoms with Crippen LogP contribution in [0.25, 0.3) is 0 Å². The van der Waals surface area contributed by atoms with Crippen LogP contribution in [0.15, 0.2) is 42.5 Å². The smallest absolute Gasteiger partial charge is 0.415 e. The molecule has 3 saturated carbocycles. The maximum Gasteiger partial charge on any atom is 0.415 e. The fourth-order valence-corrected chi connectivity index (χ4v) is 6.23. The van der Waals surface area contributed by atoms with Gasteiger partial charge < -0.3 is 4.74 Å². The van der Waals surface area contributed by atoms with E-state index < -0.39 is 0 Å². The first-order valence-corrected chi connectivity index (χ1v) is 13.5. The van der Waals surface area contributed by atoms with Gasteiger partial charge in [0.05, 0.1) is 6.54 Å². The van der Waals surface area contributed by atoms with Crippen molar-refractivity contribution in [2.24, 2.45) is 0 Å². The first kappa shape index (κ1) is 23.4. The van der Waals surface area contributed by atoms with Crippen molar-refractivity contribution in [1.29, 1.82) is 0 Å². The van der Waals surface area contributed by atoms with E-state index in [4.69, 9.17) is 14.3 Å². The van der Waals surface area contributed by atoms with Gasteiger partial charge in [0.1, 0.15) is 5.60 Å². The molecule has 1 amide bonds. The van der Waals surface area contributed by atoms with Crippen molar-refractivity contribution in [3.05, 3.63) is 64.7 Å². The molecular weight excluding hydrogens is 452 g/mol. The number of hydrogen-bond acceptors (Lipinski definition) is 5. The molecule has 1 spiro atoms. The summed E-state index contributed by atoms with van der Waals surface area (Å²) in [5, 5.41) is 0. The topological polar surface area (TPSA) is 66.9 Å². The van der Waals surface area contributed by atoms with Gasteiger partial charge in [-0.1, -0.05) is 30.3 Å². The number of benzene rings is 2. The Morgan fingerprint density at radius 2 is 1.42 bits per heavy atom. The maximum atomic E-state index is 12.6. The standard InChI is InChI=1S/C29H34N2O2.CO2/c32-28-31(24-4-2-1-3-5-24)19-29(33-28)12-14-30(15-13-29)18-20-16-25(21-6-7-21)27(23-10-11-23)26(17-20)22-8-9-22;2-1-3/h1-5,16-17,21-23H,6-15,18-19H2;. The van der Waals surface area contributed by atoms with E-state index in [1.54, 1.807) is 16.7 Å². The highest BCUT2D eigenvalue weighted by Crippen LogP contribution is 2.55. The van der Waals surface area contributed by atoms with Crippen LogP contribution >= 0.6 is 0 Å². The second-order valence-electron chi connectivity index (χ2n) is 11.3. The van der Waals surface area contributed by atoms with Crippen molar-refractivity contribution < 1.29 is 19.1 Å². The number of ether oxygens (including phenoxy) is 1. The van der Waals surface area contributed by atoms with Crippen LogP contribution in [0.2, 0.25) is 0 Å². The zero-order chi connectivity index (χ0) is 24.7.